The highest BCUT2D eigenvalue weighted by molar-refractivity contribution is 5.98. The largest absolute Gasteiger partial charge is 0.478 e. The zero-order valence-electron chi connectivity index (χ0n) is 8.56. The number of carbonyl (C=O) groups is 2. The van der Waals surface area contributed by atoms with Gasteiger partial charge in [0.2, 0.25) is 5.88 Å². The van der Waals surface area contributed by atoms with Gasteiger partial charge in [-0.15, -0.1) is 0 Å². The minimum atomic E-state index is -1.10. The van der Waals surface area contributed by atoms with E-state index in [-0.39, 0.29) is 17.4 Å². The summed E-state index contributed by atoms with van der Waals surface area (Å²) in [5, 5.41) is 11.3. The van der Waals surface area contributed by atoms with E-state index in [9.17, 15) is 9.59 Å². The first-order valence-electron chi connectivity index (χ1n) is 4.82. The summed E-state index contributed by atoms with van der Waals surface area (Å²) in [4.78, 5) is 26.0. The molecule has 0 saturated heterocycles. The number of hydrogen-bond donors (Lipinski definition) is 2. The fourth-order valence-electron chi connectivity index (χ4n) is 1.42. The van der Waals surface area contributed by atoms with E-state index in [0.29, 0.717) is 12.1 Å². The number of carboxylic acids is 1. The Bertz CT molecular complexity index is 458. The molecule has 1 aromatic rings. The number of rotatable bonds is 2. The average molecular weight is 222 g/mol. The predicted molar refractivity (Wildman–Crippen MR) is 54.5 cm³/mol. The van der Waals surface area contributed by atoms with E-state index in [2.05, 4.69) is 10.3 Å². The van der Waals surface area contributed by atoms with Crippen LogP contribution in [-0.4, -0.2) is 28.1 Å². The van der Waals surface area contributed by atoms with Crippen LogP contribution >= 0.6 is 0 Å². The van der Waals surface area contributed by atoms with Crippen molar-refractivity contribution in [2.75, 3.05) is 5.32 Å². The van der Waals surface area contributed by atoms with E-state index in [0.717, 1.165) is 0 Å². The maximum absolute atomic E-state index is 11.5. The number of nitrogens with zero attached hydrogens (tertiary/aromatic N) is 1. The Balaban J connectivity index is 2.36. The topological polar surface area (TPSA) is 88.5 Å². The monoisotopic (exact) mass is 222 g/mol. The van der Waals surface area contributed by atoms with Crippen LogP contribution < -0.4 is 10.1 Å². The van der Waals surface area contributed by atoms with Gasteiger partial charge in [0.05, 0.1) is 5.56 Å². The molecular weight excluding hydrogens is 212 g/mol. The fraction of sp³-hybridized carbons (Fsp3) is 0.300. The van der Waals surface area contributed by atoms with Crippen LogP contribution in [0.1, 0.15) is 23.7 Å². The Kier molecular flexibility index (Phi) is 2.47. The van der Waals surface area contributed by atoms with Crippen molar-refractivity contribution in [1.29, 1.82) is 0 Å². The van der Waals surface area contributed by atoms with Crippen molar-refractivity contribution in [1.82, 2.24) is 4.98 Å². The highest BCUT2D eigenvalue weighted by Crippen LogP contribution is 2.28. The maximum Gasteiger partial charge on any atom is 0.337 e. The second-order valence-electron chi connectivity index (χ2n) is 3.39. The first kappa shape index (κ1) is 10.4. The lowest BCUT2D eigenvalue weighted by Crippen LogP contribution is -2.36. The Labute approximate surface area is 91.3 Å². The van der Waals surface area contributed by atoms with E-state index < -0.39 is 12.1 Å². The molecule has 1 unspecified atom stereocenters. The van der Waals surface area contributed by atoms with Gasteiger partial charge in [-0.2, -0.15) is 0 Å². The number of amides is 1. The molecule has 1 aliphatic heterocycles. The van der Waals surface area contributed by atoms with E-state index in [1.54, 1.807) is 0 Å². The number of aromatic nitrogens is 1. The summed E-state index contributed by atoms with van der Waals surface area (Å²) in [6, 6.07) is 1.33. The Morgan fingerprint density at radius 3 is 3.06 bits per heavy atom. The zero-order valence-corrected chi connectivity index (χ0v) is 8.56. The van der Waals surface area contributed by atoms with Crippen LogP contribution in [0.4, 0.5) is 5.69 Å². The molecular formula is C10H10N2O4. The van der Waals surface area contributed by atoms with E-state index >= 15 is 0 Å². The minimum absolute atomic E-state index is 0.0117. The van der Waals surface area contributed by atoms with Crippen molar-refractivity contribution < 1.29 is 19.4 Å². The van der Waals surface area contributed by atoms with Gasteiger partial charge in [0, 0.05) is 6.20 Å². The second kappa shape index (κ2) is 3.80. The normalized spacial score (nSPS) is 18.3. The van der Waals surface area contributed by atoms with E-state index in [1.807, 2.05) is 6.92 Å². The molecule has 0 aliphatic carbocycles. The van der Waals surface area contributed by atoms with Crippen molar-refractivity contribution in [2.45, 2.75) is 19.4 Å². The second-order valence-corrected chi connectivity index (χ2v) is 3.39. The molecule has 0 fully saturated rings. The lowest BCUT2D eigenvalue weighted by atomic mass is 10.2. The molecule has 0 aromatic carbocycles. The lowest BCUT2D eigenvalue weighted by Gasteiger charge is -2.23. The van der Waals surface area contributed by atoms with Crippen LogP contribution in [0.15, 0.2) is 12.3 Å². The first-order valence-corrected chi connectivity index (χ1v) is 4.82. The number of hydrogen-bond acceptors (Lipinski definition) is 4. The summed E-state index contributed by atoms with van der Waals surface area (Å²) >= 11 is 0. The minimum Gasteiger partial charge on any atom is -0.478 e. The van der Waals surface area contributed by atoms with Gasteiger partial charge in [0.15, 0.2) is 6.10 Å². The average Bonchev–Trinajstić information content (AvgIpc) is 2.27. The molecule has 2 N–H and O–H groups in total. The van der Waals surface area contributed by atoms with E-state index in [4.69, 9.17) is 9.84 Å². The lowest BCUT2D eigenvalue weighted by molar-refractivity contribution is -0.123. The number of ether oxygens (including phenoxy) is 1. The number of aromatic carboxylic acids is 1. The zero-order chi connectivity index (χ0) is 11.7. The van der Waals surface area contributed by atoms with Gasteiger partial charge in [0.1, 0.15) is 5.69 Å². The Hall–Kier alpha value is -2.11. The summed E-state index contributed by atoms with van der Waals surface area (Å²) in [5.41, 5.74) is 0.312. The number of anilines is 1. The molecule has 1 aromatic heterocycles. The molecule has 84 valence electrons. The summed E-state index contributed by atoms with van der Waals surface area (Å²) in [6.07, 6.45) is 1.18. The van der Waals surface area contributed by atoms with Crippen molar-refractivity contribution in [3.8, 4) is 5.88 Å². The third kappa shape index (κ3) is 1.69. The van der Waals surface area contributed by atoms with Crippen molar-refractivity contribution >= 4 is 17.6 Å². The van der Waals surface area contributed by atoms with Crippen LogP contribution in [0, 0.1) is 0 Å². The molecule has 6 nitrogen and oxygen atoms in total. The third-order valence-corrected chi connectivity index (χ3v) is 2.27. The van der Waals surface area contributed by atoms with Gasteiger partial charge >= 0.3 is 5.97 Å². The molecule has 0 saturated carbocycles. The summed E-state index contributed by atoms with van der Waals surface area (Å²) in [5.74, 6) is -1.11. The number of fused-ring (bicyclic) bond motifs is 1. The van der Waals surface area contributed by atoms with Gasteiger partial charge < -0.3 is 15.2 Å². The quantitative estimate of drug-likeness (QED) is 0.775. The summed E-state index contributed by atoms with van der Waals surface area (Å²) in [6.45, 7) is 1.82. The standard InChI is InChI=1S/C10H10N2O4/c1-2-7-8(13)12-6-3-5(10(14)15)4-11-9(6)16-7/h3-4,7H,2H2,1H3,(H,12,13)(H,14,15). The third-order valence-electron chi connectivity index (χ3n) is 2.27. The Morgan fingerprint density at radius 2 is 2.44 bits per heavy atom. The van der Waals surface area contributed by atoms with E-state index in [1.165, 1.54) is 12.3 Å². The first-order chi connectivity index (χ1) is 7.61. The van der Waals surface area contributed by atoms with Gasteiger partial charge in [-0.1, -0.05) is 6.92 Å². The molecule has 1 atom stereocenters. The molecule has 0 spiro atoms. The Morgan fingerprint density at radius 1 is 1.69 bits per heavy atom. The van der Waals surface area contributed by atoms with Crippen molar-refractivity contribution in [3.63, 3.8) is 0 Å². The fourth-order valence-corrected chi connectivity index (χ4v) is 1.42. The summed E-state index contributed by atoms with van der Waals surface area (Å²) < 4.78 is 5.31. The van der Waals surface area contributed by atoms with Crippen molar-refractivity contribution in [3.05, 3.63) is 17.8 Å². The molecule has 6 heteroatoms. The highest BCUT2D eigenvalue weighted by atomic mass is 16.5. The SMILES string of the molecule is CCC1Oc2ncc(C(=O)O)cc2NC1=O. The number of pyridine rings is 1. The molecule has 1 amide bonds. The van der Waals surface area contributed by atoms with Crippen LogP contribution in [-0.2, 0) is 4.79 Å². The molecule has 0 radical (unpaired) electrons. The highest BCUT2D eigenvalue weighted by Gasteiger charge is 2.27. The predicted octanol–water partition coefficient (Wildman–Crippen LogP) is 0.889. The molecule has 2 rings (SSSR count). The number of carbonyl (C=O) groups excluding carboxylic acids is 1. The van der Waals surface area contributed by atoms with Gasteiger partial charge in [0.25, 0.3) is 5.91 Å². The van der Waals surface area contributed by atoms with Crippen LogP contribution in [0.25, 0.3) is 0 Å². The molecule has 0 bridgehead atoms. The number of nitrogens with one attached hydrogen (secondary N) is 1. The number of carboxylic acid groups (broad SMARTS) is 1. The van der Waals surface area contributed by atoms with Crippen LogP contribution in [0.2, 0.25) is 0 Å². The van der Waals surface area contributed by atoms with Crippen molar-refractivity contribution in [2.24, 2.45) is 0 Å². The van der Waals surface area contributed by atoms with Crippen LogP contribution in [0.5, 0.6) is 5.88 Å². The van der Waals surface area contributed by atoms with Crippen LogP contribution in [0.3, 0.4) is 0 Å². The smallest absolute Gasteiger partial charge is 0.337 e. The molecule has 1 aliphatic rings. The van der Waals surface area contributed by atoms with Gasteiger partial charge in [-0.05, 0) is 12.5 Å². The molecule has 2 heterocycles. The maximum atomic E-state index is 11.5. The van der Waals surface area contributed by atoms with Gasteiger partial charge in [-0.3, -0.25) is 4.79 Å². The summed E-state index contributed by atoms with van der Waals surface area (Å²) in [7, 11) is 0. The molecule has 16 heavy (non-hydrogen) atoms. The van der Waals surface area contributed by atoms with Gasteiger partial charge in [-0.25, -0.2) is 9.78 Å².